The molecule has 1 aromatic heterocycles. The third kappa shape index (κ3) is 2.52. The molecule has 1 aliphatic heterocycles. The number of amides is 1. The summed E-state index contributed by atoms with van der Waals surface area (Å²) in [6, 6.07) is 3.42. The number of halogens is 2. The number of fused-ring (bicyclic) bond motifs is 1. The molecule has 0 spiro atoms. The number of anilines is 1. The highest BCUT2D eigenvalue weighted by Crippen LogP contribution is 2.34. The second-order valence-electron chi connectivity index (χ2n) is 5.33. The van der Waals surface area contributed by atoms with Crippen LogP contribution in [0.25, 0.3) is 16.3 Å². The zero-order chi connectivity index (χ0) is 15.9. The third-order valence-corrected chi connectivity index (χ3v) is 4.29. The summed E-state index contributed by atoms with van der Waals surface area (Å²) in [4.78, 5) is 17.0. The summed E-state index contributed by atoms with van der Waals surface area (Å²) in [5, 5.41) is 1.34. The molecule has 0 saturated heterocycles. The van der Waals surface area contributed by atoms with Gasteiger partial charge in [-0.1, -0.05) is 17.7 Å². The van der Waals surface area contributed by atoms with E-state index in [-0.39, 0.29) is 10.9 Å². The van der Waals surface area contributed by atoms with E-state index in [0.29, 0.717) is 36.3 Å². The van der Waals surface area contributed by atoms with Crippen LogP contribution in [-0.2, 0) is 4.79 Å². The SMILES string of the molecule is CC(=O)N1CC=C(c2cc3cc(N)ncc3c(Cl)c2F)CC1. The molecule has 4 nitrogen and oxygen atoms in total. The maximum atomic E-state index is 14.6. The summed E-state index contributed by atoms with van der Waals surface area (Å²) in [7, 11) is 0. The second-order valence-corrected chi connectivity index (χ2v) is 5.70. The molecule has 0 unspecified atom stereocenters. The van der Waals surface area contributed by atoms with Crippen LogP contribution in [0.15, 0.2) is 24.4 Å². The van der Waals surface area contributed by atoms with E-state index in [1.54, 1.807) is 17.0 Å². The first-order valence-electron chi connectivity index (χ1n) is 6.95. The fourth-order valence-electron chi connectivity index (χ4n) is 2.68. The number of nitrogens with two attached hydrogens (primary N) is 1. The molecule has 1 aromatic carbocycles. The van der Waals surface area contributed by atoms with Gasteiger partial charge in [0.25, 0.3) is 0 Å². The number of hydrogen-bond acceptors (Lipinski definition) is 3. The Hall–Kier alpha value is -2.14. The Morgan fingerprint density at radius 3 is 2.86 bits per heavy atom. The minimum Gasteiger partial charge on any atom is -0.384 e. The lowest BCUT2D eigenvalue weighted by Gasteiger charge is -2.25. The lowest BCUT2D eigenvalue weighted by Crippen LogP contribution is -2.32. The van der Waals surface area contributed by atoms with Crippen molar-refractivity contribution in [1.82, 2.24) is 9.88 Å². The van der Waals surface area contributed by atoms with Crippen molar-refractivity contribution < 1.29 is 9.18 Å². The van der Waals surface area contributed by atoms with Crippen molar-refractivity contribution in [3.63, 3.8) is 0 Å². The average molecular weight is 320 g/mol. The van der Waals surface area contributed by atoms with Crippen molar-refractivity contribution in [3.05, 3.63) is 40.8 Å². The zero-order valence-electron chi connectivity index (χ0n) is 12.1. The van der Waals surface area contributed by atoms with Gasteiger partial charge in [0, 0.05) is 37.2 Å². The molecule has 0 saturated carbocycles. The summed E-state index contributed by atoms with van der Waals surface area (Å²) in [6.45, 7) is 2.59. The van der Waals surface area contributed by atoms with E-state index in [2.05, 4.69) is 4.98 Å². The van der Waals surface area contributed by atoms with Crippen LogP contribution in [0, 0.1) is 5.82 Å². The molecular formula is C16H15ClFN3O. The standard InChI is InChI=1S/C16H15ClFN3O/c1-9(22)21-4-2-10(3-5-21)12-6-11-7-14(19)20-8-13(11)15(17)16(12)18/h2,6-8H,3-5H2,1H3,(H2,19,20). The van der Waals surface area contributed by atoms with Gasteiger partial charge in [-0.2, -0.15) is 0 Å². The van der Waals surface area contributed by atoms with Crippen LogP contribution in [0.4, 0.5) is 10.2 Å². The van der Waals surface area contributed by atoms with Crippen molar-refractivity contribution in [3.8, 4) is 0 Å². The Kier molecular flexibility index (Phi) is 3.74. The van der Waals surface area contributed by atoms with Gasteiger partial charge in [0.05, 0.1) is 5.02 Å². The topological polar surface area (TPSA) is 59.2 Å². The normalized spacial score (nSPS) is 15.0. The summed E-state index contributed by atoms with van der Waals surface area (Å²) in [5.41, 5.74) is 7.01. The summed E-state index contributed by atoms with van der Waals surface area (Å²) < 4.78 is 14.6. The van der Waals surface area contributed by atoms with Gasteiger partial charge in [-0.25, -0.2) is 9.37 Å². The van der Waals surface area contributed by atoms with Gasteiger partial charge in [-0.05, 0) is 29.5 Å². The Labute approximate surface area is 132 Å². The first kappa shape index (κ1) is 14.8. The van der Waals surface area contributed by atoms with E-state index >= 15 is 0 Å². The number of rotatable bonds is 1. The lowest BCUT2D eigenvalue weighted by atomic mass is 9.96. The van der Waals surface area contributed by atoms with E-state index in [0.717, 1.165) is 11.0 Å². The molecule has 0 aliphatic carbocycles. The van der Waals surface area contributed by atoms with Crippen LogP contribution in [0.2, 0.25) is 5.02 Å². The molecule has 1 aliphatic rings. The van der Waals surface area contributed by atoms with E-state index in [1.807, 2.05) is 6.08 Å². The predicted octanol–water partition coefficient (Wildman–Crippen LogP) is 3.25. The predicted molar refractivity (Wildman–Crippen MR) is 86.0 cm³/mol. The van der Waals surface area contributed by atoms with E-state index < -0.39 is 5.82 Å². The van der Waals surface area contributed by atoms with E-state index in [4.69, 9.17) is 17.3 Å². The van der Waals surface area contributed by atoms with Gasteiger partial charge in [0.15, 0.2) is 0 Å². The Morgan fingerprint density at radius 2 is 2.23 bits per heavy atom. The maximum Gasteiger partial charge on any atom is 0.219 e. The molecule has 1 amide bonds. The largest absolute Gasteiger partial charge is 0.384 e. The molecule has 22 heavy (non-hydrogen) atoms. The molecule has 0 atom stereocenters. The quantitative estimate of drug-likeness (QED) is 0.877. The fourth-order valence-corrected chi connectivity index (χ4v) is 2.94. The number of carbonyl (C=O) groups is 1. The highest BCUT2D eigenvalue weighted by molar-refractivity contribution is 6.36. The van der Waals surface area contributed by atoms with Crippen LogP contribution in [0.3, 0.4) is 0 Å². The molecule has 6 heteroatoms. The number of carbonyl (C=O) groups excluding carboxylic acids is 1. The highest BCUT2D eigenvalue weighted by Gasteiger charge is 2.20. The summed E-state index contributed by atoms with van der Waals surface area (Å²) in [5.74, 6) is -0.0732. The van der Waals surface area contributed by atoms with Crippen LogP contribution in [0.1, 0.15) is 18.9 Å². The molecule has 0 radical (unpaired) electrons. The van der Waals surface area contributed by atoms with Gasteiger partial charge in [-0.15, -0.1) is 0 Å². The van der Waals surface area contributed by atoms with Crippen molar-refractivity contribution in [2.45, 2.75) is 13.3 Å². The van der Waals surface area contributed by atoms with Gasteiger partial charge >= 0.3 is 0 Å². The minimum absolute atomic E-state index is 0.0196. The van der Waals surface area contributed by atoms with Gasteiger partial charge < -0.3 is 10.6 Å². The van der Waals surface area contributed by atoms with Gasteiger partial charge in [0.1, 0.15) is 11.6 Å². The molecule has 0 bridgehead atoms. The minimum atomic E-state index is -0.455. The Bertz CT molecular complexity index is 804. The zero-order valence-corrected chi connectivity index (χ0v) is 12.8. The number of benzene rings is 1. The first-order valence-corrected chi connectivity index (χ1v) is 7.33. The van der Waals surface area contributed by atoms with Crippen molar-refractivity contribution in [2.75, 3.05) is 18.8 Å². The Balaban J connectivity index is 2.08. The average Bonchev–Trinajstić information content (AvgIpc) is 2.51. The third-order valence-electron chi connectivity index (χ3n) is 3.92. The molecule has 2 heterocycles. The molecule has 2 aromatic rings. The van der Waals surface area contributed by atoms with Crippen LogP contribution < -0.4 is 5.73 Å². The van der Waals surface area contributed by atoms with E-state index in [9.17, 15) is 9.18 Å². The van der Waals surface area contributed by atoms with Crippen LogP contribution in [0.5, 0.6) is 0 Å². The number of nitrogen functional groups attached to an aromatic ring is 1. The molecule has 2 N–H and O–H groups in total. The highest BCUT2D eigenvalue weighted by atomic mass is 35.5. The summed E-state index contributed by atoms with van der Waals surface area (Å²) in [6.07, 6.45) is 3.95. The molecule has 114 valence electrons. The number of pyridine rings is 1. The monoisotopic (exact) mass is 319 g/mol. The lowest BCUT2D eigenvalue weighted by molar-refractivity contribution is -0.128. The van der Waals surface area contributed by atoms with E-state index in [1.165, 1.54) is 13.1 Å². The maximum absolute atomic E-state index is 14.6. The number of nitrogens with zero attached hydrogens (tertiary/aromatic N) is 2. The van der Waals surface area contributed by atoms with Crippen LogP contribution >= 0.6 is 11.6 Å². The van der Waals surface area contributed by atoms with Crippen molar-refractivity contribution in [1.29, 1.82) is 0 Å². The molecule has 3 rings (SSSR count). The van der Waals surface area contributed by atoms with Gasteiger partial charge in [-0.3, -0.25) is 4.79 Å². The van der Waals surface area contributed by atoms with Crippen molar-refractivity contribution in [2.24, 2.45) is 0 Å². The summed E-state index contributed by atoms with van der Waals surface area (Å²) >= 11 is 6.13. The Morgan fingerprint density at radius 1 is 1.45 bits per heavy atom. The molecular weight excluding hydrogens is 305 g/mol. The fraction of sp³-hybridized carbons (Fsp3) is 0.250. The van der Waals surface area contributed by atoms with Crippen molar-refractivity contribution >= 4 is 39.7 Å². The molecule has 0 fully saturated rings. The first-order chi connectivity index (χ1) is 10.5. The van der Waals surface area contributed by atoms with Crippen LogP contribution in [-0.4, -0.2) is 28.9 Å². The number of hydrogen-bond donors (Lipinski definition) is 1. The number of aromatic nitrogens is 1. The van der Waals surface area contributed by atoms with Gasteiger partial charge in [0.2, 0.25) is 5.91 Å². The second kappa shape index (κ2) is 5.57. The smallest absolute Gasteiger partial charge is 0.219 e.